The third-order valence-corrected chi connectivity index (χ3v) is 10.8. The standard InChI is InChI=1S/C31H33F3N6O5S/c1-17-10-23-26(36-12-17)45-30(14-35-15-30)16-39(46(23,43)44)13-21-11-20(7-6-18(21)2)24(29(4,5)28(41)42)22-8-9-40-25(19(22)3)37-38-27(40)31(32,33)34/h6-12,24,35H,13-16H2,1-5H3,(H,41,42)/t24-/m1/s1. The fourth-order valence-electron chi connectivity index (χ4n) is 6.25. The SMILES string of the molecule is Cc1cnc2c(c1)S(=O)(=O)N(Cc1cc([C@H](c3ccn4c(C(F)(F)F)nnc4c3C)C(C)(C)C(=O)O)ccc1C)CC1(CNC1)O2. The van der Waals surface area contributed by atoms with Crippen molar-refractivity contribution >= 4 is 21.6 Å². The summed E-state index contributed by atoms with van der Waals surface area (Å²) >= 11 is 0. The summed E-state index contributed by atoms with van der Waals surface area (Å²) < 4.78 is 77.2. The molecule has 3 aromatic heterocycles. The first-order valence-corrected chi connectivity index (χ1v) is 16.0. The molecule has 244 valence electrons. The molecule has 1 aromatic carbocycles. The van der Waals surface area contributed by atoms with Gasteiger partial charge in [-0.25, -0.2) is 13.4 Å². The summed E-state index contributed by atoms with van der Waals surface area (Å²) in [6, 6.07) is 8.35. The number of fused-ring (bicyclic) bond motifs is 2. The highest BCUT2D eigenvalue weighted by molar-refractivity contribution is 7.89. The van der Waals surface area contributed by atoms with Crippen LogP contribution in [0.15, 0.2) is 47.6 Å². The Morgan fingerprint density at radius 2 is 1.85 bits per heavy atom. The van der Waals surface area contributed by atoms with Crippen LogP contribution in [0.3, 0.4) is 0 Å². The summed E-state index contributed by atoms with van der Waals surface area (Å²) in [4.78, 5) is 16.9. The molecule has 11 nitrogen and oxygen atoms in total. The molecule has 0 radical (unpaired) electrons. The maximum Gasteiger partial charge on any atom is 0.452 e. The van der Waals surface area contributed by atoms with E-state index in [9.17, 15) is 31.5 Å². The Morgan fingerprint density at radius 1 is 1.13 bits per heavy atom. The number of pyridine rings is 2. The van der Waals surface area contributed by atoms with E-state index in [4.69, 9.17) is 4.74 Å². The lowest BCUT2D eigenvalue weighted by Crippen LogP contribution is -2.67. The van der Waals surface area contributed by atoms with Crippen LogP contribution in [0.5, 0.6) is 5.88 Å². The molecule has 0 bridgehead atoms. The number of nitrogens with one attached hydrogen (secondary N) is 1. The molecule has 1 fully saturated rings. The van der Waals surface area contributed by atoms with Gasteiger partial charge in [-0.05, 0) is 80.1 Å². The van der Waals surface area contributed by atoms with Crippen molar-refractivity contribution in [1.29, 1.82) is 0 Å². The van der Waals surface area contributed by atoms with Crippen LogP contribution in [0.1, 0.15) is 59.0 Å². The highest BCUT2D eigenvalue weighted by atomic mass is 32.2. The second kappa shape index (κ2) is 10.7. The highest BCUT2D eigenvalue weighted by Gasteiger charge is 2.48. The first-order chi connectivity index (χ1) is 21.4. The van der Waals surface area contributed by atoms with Crippen molar-refractivity contribution in [3.63, 3.8) is 0 Å². The third kappa shape index (κ3) is 5.19. The maximum atomic E-state index is 14.1. The van der Waals surface area contributed by atoms with Crippen molar-refractivity contribution < 1.29 is 36.2 Å². The van der Waals surface area contributed by atoms with Gasteiger partial charge in [-0.2, -0.15) is 17.5 Å². The maximum absolute atomic E-state index is 14.1. The first kappa shape index (κ1) is 31.9. The second-order valence-corrected chi connectivity index (χ2v) is 14.6. The molecule has 6 rings (SSSR count). The quantitative estimate of drug-likeness (QED) is 0.312. The predicted octanol–water partition coefficient (Wildman–Crippen LogP) is 4.24. The Hall–Kier alpha value is -4.08. The number of aliphatic carboxylic acids is 1. The average molecular weight is 659 g/mol. The molecule has 2 aliphatic rings. The molecule has 1 atom stereocenters. The first-order valence-electron chi connectivity index (χ1n) is 14.6. The summed E-state index contributed by atoms with van der Waals surface area (Å²) in [7, 11) is -4.06. The Balaban J connectivity index is 1.46. The zero-order valence-electron chi connectivity index (χ0n) is 25.8. The molecule has 4 aromatic rings. The van der Waals surface area contributed by atoms with Gasteiger partial charge in [-0.15, -0.1) is 10.2 Å². The lowest BCUT2D eigenvalue weighted by atomic mass is 9.70. The topological polar surface area (TPSA) is 139 Å². The minimum absolute atomic E-state index is 0.0227. The van der Waals surface area contributed by atoms with E-state index in [1.807, 2.05) is 6.92 Å². The number of halogens is 3. The molecule has 2 aliphatic heterocycles. The van der Waals surface area contributed by atoms with Crippen LogP contribution < -0.4 is 10.1 Å². The van der Waals surface area contributed by atoms with E-state index in [2.05, 4.69) is 20.5 Å². The van der Waals surface area contributed by atoms with Crippen LogP contribution in [0.4, 0.5) is 13.2 Å². The summed E-state index contributed by atoms with van der Waals surface area (Å²) in [5, 5.41) is 20.6. The van der Waals surface area contributed by atoms with Gasteiger partial charge in [0, 0.05) is 37.9 Å². The van der Waals surface area contributed by atoms with Gasteiger partial charge in [0.1, 0.15) is 10.5 Å². The average Bonchev–Trinajstić information content (AvgIpc) is 3.37. The molecule has 0 aliphatic carbocycles. The molecular weight excluding hydrogens is 625 g/mol. The molecular formula is C31H33F3N6O5S. The van der Waals surface area contributed by atoms with Crippen LogP contribution >= 0.6 is 0 Å². The fraction of sp³-hybridized carbons (Fsp3) is 0.419. The Bertz CT molecular complexity index is 1990. The van der Waals surface area contributed by atoms with Gasteiger partial charge < -0.3 is 15.2 Å². The van der Waals surface area contributed by atoms with Crippen molar-refractivity contribution in [2.75, 3.05) is 19.6 Å². The van der Waals surface area contributed by atoms with Crippen LogP contribution in [0.2, 0.25) is 0 Å². The van der Waals surface area contributed by atoms with E-state index < -0.39 is 44.9 Å². The molecule has 0 amide bonds. The van der Waals surface area contributed by atoms with Gasteiger partial charge in [0.15, 0.2) is 5.65 Å². The second-order valence-electron chi connectivity index (χ2n) is 12.7. The lowest BCUT2D eigenvalue weighted by molar-refractivity contribution is -0.147. The largest absolute Gasteiger partial charge is 0.481 e. The molecule has 0 unspecified atom stereocenters. The van der Waals surface area contributed by atoms with Crippen LogP contribution in [-0.2, 0) is 27.5 Å². The Morgan fingerprint density at radius 3 is 2.48 bits per heavy atom. The number of carboxylic acids is 1. The number of benzene rings is 1. The summed E-state index contributed by atoms with van der Waals surface area (Å²) in [5.41, 5.74) is 1.15. The number of hydrogen-bond acceptors (Lipinski definition) is 8. The van der Waals surface area contributed by atoms with Crippen molar-refractivity contribution in [1.82, 2.24) is 29.2 Å². The van der Waals surface area contributed by atoms with Gasteiger partial charge in [-0.3, -0.25) is 9.20 Å². The number of aromatic nitrogens is 4. The molecule has 15 heteroatoms. The number of alkyl halides is 3. The highest BCUT2D eigenvalue weighted by Crippen LogP contribution is 2.44. The summed E-state index contributed by atoms with van der Waals surface area (Å²) in [6.45, 7) is 9.17. The Kier molecular flexibility index (Phi) is 7.44. The van der Waals surface area contributed by atoms with Crippen molar-refractivity contribution in [2.24, 2.45) is 5.41 Å². The van der Waals surface area contributed by atoms with Gasteiger partial charge in [0.05, 0.1) is 12.0 Å². The molecule has 2 N–H and O–H groups in total. The molecule has 46 heavy (non-hydrogen) atoms. The van der Waals surface area contributed by atoms with Gasteiger partial charge in [0.25, 0.3) is 0 Å². The van der Waals surface area contributed by atoms with E-state index >= 15 is 0 Å². The normalized spacial score (nSPS) is 18.4. The Labute approximate surface area is 263 Å². The van der Waals surface area contributed by atoms with Gasteiger partial charge in [0.2, 0.25) is 21.7 Å². The van der Waals surface area contributed by atoms with Crippen molar-refractivity contribution in [3.05, 3.63) is 81.9 Å². The van der Waals surface area contributed by atoms with Crippen molar-refractivity contribution in [3.8, 4) is 5.88 Å². The van der Waals surface area contributed by atoms with Crippen LogP contribution in [0, 0.1) is 26.2 Å². The smallest absolute Gasteiger partial charge is 0.452 e. The van der Waals surface area contributed by atoms with Gasteiger partial charge >= 0.3 is 12.1 Å². The van der Waals surface area contributed by atoms with Crippen LogP contribution in [-0.4, -0.2) is 68.6 Å². The third-order valence-electron chi connectivity index (χ3n) is 9.00. The summed E-state index contributed by atoms with van der Waals surface area (Å²) in [5.74, 6) is -3.10. The predicted molar refractivity (Wildman–Crippen MR) is 160 cm³/mol. The fourth-order valence-corrected chi connectivity index (χ4v) is 7.89. The monoisotopic (exact) mass is 658 g/mol. The van der Waals surface area contributed by atoms with E-state index in [0.29, 0.717) is 40.9 Å². The van der Waals surface area contributed by atoms with E-state index in [0.717, 1.165) is 9.96 Å². The number of carbonyl (C=O) groups is 1. The number of sulfonamides is 1. The number of carboxylic acid groups (broad SMARTS) is 1. The zero-order chi connectivity index (χ0) is 33.4. The number of nitrogens with zero attached hydrogens (tertiary/aromatic N) is 5. The molecule has 0 saturated carbocycles. The minimum Gasteiger partial charge on any atom is -0.481 e. The van der Waals surface area contributed by atoms with E-state index in [1.165, 1.54) is 22.6 Å². The zero-order valence-corrected chi connectivity index (χ0v) is 26.6. The number of hydrogen-bond donors (Lipinski definition) is 2. The molecule has 5 heterocycles. The molecule has 1 spiro atoms. The lowest BCUT2D eigenvalue weighted by Gasteiger charge is -2.42. The minimum atomic E-state index is -4.74. The summed E-state index contributed by atoms with van der Waals surface area (Å²) in [6.07, 6.45) is -1.98. The number of rotatable bonds is 6. The van der Waals surface area contributed by atoms with Crippen molar-refractivity contribution in [2.45, 2.75) is 63.8 Å². The van der Waals surface area contributed by atoms with Crippen LogP contribution in [0.25, 0.3) is 5.65 Å². The van der Waals surface area contributed by atoms with Gasteiger partial charge in [-0.1, -0.05) is 18.2 Å². The molecule has 1 saturated heterocycles. The van der Waals surface area contributed by atoms with E-state index in [-0.39, 0.29) is 29.5 Å². The number of aryl methyl sites for hydroxylation is 3. The van der Waals surface area contributed by atoms with E-state index in [1.54, 1.807) is 52.1 Å². The number of ether oxygens (including phenoxy) is 1.